The molecular formula is C12H16BNO3S. The van der Waals surface area contributed by atoms with Crippen LogP contribution in [0.15, 0.2) is 18.9 Å². The summed E-state index contributed by atoms with van der Waals surface area (Å²) in [5.41, 5.74) is -0.769. The van der Waals surface area contributed by atoms with Gasteiger partial charge in [0.2, 0.25) is 5.78 Å². The second-order valence-corrected chi connectivity index (χ2v) is 6.29. The number of hydrogen-bond donors (Lipinski definition) is 0. The number of carbonyl (C=O) groups excluding carboxylic acids is 1. The Labute approximate surface area is 111 Å². The van der Waals surface area contributed by atoms with E-state index in [1.807, 2.05) is 27.7 Å². The van der Waals surface area contributed by atoms with Gasteiger partial charge < -0.3 is 9.31 Å². The lowest BCUT2D eigenvalue weighted by molar-refractivity contribution is 0.00578. The Morgan fingerprint density at radius 1 is 1.39 bits per heavy atom. The molecule has 0 unspecified atom stereocenters. The number of carbonyl (C=O) groups is 1. The van der Waals surface area contributed by atoms with Crippen molar-refractivity contribution in [3.05, 3.63) is 23.9 Å². The predicted octanol–water partition coefficient (Wildman–Crippen LogP) is 1.81. The molecule has 4 nitrogen and oxygen atoms in total. The lowest BCUT2D eigenvalue weighted by Gasteiger charge is -2.32. The number of hydrogen-bond acceptors (Lipinski definition) is 5. The van der Waals surface area contributed by atoms with Crippen LogP contribution >= 0.6 is 11.3 Å². The maximum Gasteiger partial charge on any atom is 0.507 e. The topological polar surface area (TPSA) is 48.4 Å². The van der Waals surface area contributed by atoms with Gasteiger partial charge in [0.15, 0.2) is 5.01 Å². The Bertz CT molecular complexity index is 479. The molecule has 0 spiro atoms. The van der Waals surface area contributed by atoms with Crippen molar-refractivity contribution >= 4 is 29.0 Å². The number of allylic oxidation sites excluding steroid dienone is 1. The normalized spacial score (nSPS) is 21.0. The molecule has 0 atom stereocenters. The monoisotopic (exact) mass is 265 g/mol. The molecular weight excluding hydrogens is 249 g/mol. The van der Waals surface area contributed by atoms with E-state index < -0.39 is 7.12 Å². The molecule has 6 heteroatoms. The van der Waals surface area contributed by atoms with E-state index in [0.717, 1.165) is 4.78 Å². The van der Waals surface area contributed by atoms with Gasteiger partial charge in [-0.05, 0) is 33.8 Å². The molecule has 2 rings (SSSR count). The molecule has 0 bridgehead atoms. The van der Waals surface area contributed by atoms with Gasteiger partial charge in [0.05, 0.1) is 16.0 Å². The largest absolute Gasteiger partial charge is 0.507 e. The molecule has 1 fully saturated rings. The highest BCUT2D eigenvalue weighted by atomic mass is 32.1. The Morgan fingerprint density at radius 2 is 1.94 bits per heavy atom. The first-order chi connectivity index (χ1) is 8.27. The summed E-state index contributed by atoms with van der Waals surface area (Å²) >= 11 is 1.28. The molecule has 1 saturated heterocycles. The number of aromatic nitrogens is 1. The maximum atomic E-state index is 11.4. The molecule has 96 valence electrons. The fourth-order valence-corrected chi connectivity index (χ4v) is 2.37. The van der Waals surface area contributed by atoms with E-state index in [1.165, 1.54) is 17.4 Å². The molecule has 1 aliphatic heterocycles. The highest BCUT2D eigenvalue weighted by molar-refractivity contribution is 7.23. The van der Waals surface area contributed by atoms with Crippen molar-refractivity contribution in [2.75, 3.05) is 0 Å². The minimum atomic E-state index is -0.459. The lowest BCUT2D eigenvalue weighted by atomic mass is 9.89. The second-order valence-electron chi connectivity index (χ2n) is 5.22. The predicted molar refractivity (Wildman–Crippen MR) is 72.4 cm³/mol. The summed E-state index contributed by atoms with van der Waals surface area (Å²) in [6.45, 7) is 11.4. The van der Waals surface area contributed by atoms with Crippen LogP contribution in [0.3, 0.4) is 0 Å². The molecule has 0 saturated carbocycles. The van der Waals surface area contributed by atoms with Crippen LogP contribution in [0.2, 0.25) is 0 Å². The third-order valence-electron chi connectivity index (χ3n) is 3.41. The number of ketones is 1. The Hall–Kier alpha value is -0.975. The van der Waals surface area contributed by atoms with Gasteiger partial charge >= 0.3 is 7.12 Å². The zero-order valence-electron chi connectivity index (χ0n) is 11.0. The fourth-order valence-electron chi connectivity index (χ4n) is 1.56. The molecule has 0 aromatic carbocycles. The van der Waals surface area contributed by atoms with Gasteiger partial charge in [-0.2, -0.15) is 0 Å². The SMILES string of the molecule is C=CC(=O)c1ncc(B2OC(C)(C)C(C)(C)O2)s1. The van der Waals surface area contributed by atoms with Crippen molar-refractivity contribution in [3.63, 3.8) is 0 Å². The first-order valence-electron chi connectivity index (χ1n) is 5.75. The van der Waals surface area contributed by atoms with Gasteiger partial charge in [0.1, 0.15) is 0 Å². The summed E-state index contributed by atoms with van der Waals surface area (Å²) in [6, 6.07) is 0. The Kier molecular flexibility index (Phi) is 3.21. The van der Waals surface area contributed by atoms with Crippen molar-refractivity contribution in [2.45, 2.75) is 38.9 Å². The molecule has 0 aliphatic carbocycles. The van der Waals surface area contributed by atoms with Crippen LogP contribution in [0.4, 0.5) is 0 Å². The minimum Gasteiger partial charge on any atom is -0.399 e. The van der Waals surface area contributed by atoms with E-state index in [9.17, 15) is 4.79 Å². The fraction of sp³-hybridized carbons (Fsp3) is 0.500. The molecule has 2 heterocycles. The van der Waals surface area contributed by atoms with Crippen molar-refractivity contribution in [1.82, 2.24) is 4.98 Å². The van der Waals surface area contributed by atoms with E-state index in [-0.39, 0.29) is 17.0 Å². The van der Waals surface area contributed by atoms with Crippen LogP contribution in [0.25, 0.3) is 0 Å². The summed E-state index contributed by atoms with van der Waals surface area (Å²) < 4.78 is 12.6. The quantitative estimate of drug-likeness (QED) is 0.475. The van der Waals surface area contributed by atoms with Crippen LogP contribution in [0.1, 0.15) is 37.5 Å². The summed E-state index contributed by atoms with van der Waals surface area (Å²) in [5, 5.41) is 0.412. The molecule has 18 heavy (non-hydrogen) atoms. The first-order valence-corrected chi connectivity index (χ1v) is 6.56. The van der Waals surface area contributed by atoms with E-state index in [1.54, 1.807) is 6.20 Å². The lowest BCUT2D eigenvalue weighted by Crippen LogP contribution is -2.41. The maximum absolute atomic E-state index is 11.4. The smallest absolute Gasteiger partial charge is 0.399 e. The number of rotatable bonds is 3. The summed E-state index contributed by atoms with van der Waals surface area (Å²) in [4.78, 5) is 15.5. The zero-order chi connectivity index (χ0) is 13.6. The zero-order valence-corrected chi connectivity index (χ0v) is 11.8. The molecule has 0 radical (unpaired) electrons. The highest BCUT2D eigenvalue weighted by Gasteiger charge is 2.52. The van der Waals surface area contributed by atoms with Gasteiger partial charge in [0.25, 0.3) is 0 Å². The average Bonchev–Trinajstić information content (AvgIpc) is 2.82. The van der Waals surface area contributed by atoms with Crippen molar-refractivity contribution < 1.29 is 14.1 Å². The Morgan fingerprint density at radius 3 is 2.44 bits per heavy atom. The van der Waals surface area contributed by atoms with Crippen LogP contribution in [0, 0.1) is 0 Å². The van der Waals surface area contributed by atoms with Crippen molar-refractivity contribution in [3.8, 4) is 0 Å². The number of nitrogens with zero attached hydrogens (tertiary/aromatic N) is 1. The van der Waals surface area contributed by atoms with Crippen LogP contribution < -0.4 is 4.78 Å². The minimum absolute atomic E-state index is 0.178. The summed E-state index contributed by atoms with van der Waals surface area (Å²) in [5.74, 6) is -0.178. The molecule has 0 amide bonds. The standard InChI is InChI=1S/C12H16BNO3S/c1-6-8(15)10-14-7-9(18-10)13-16-11(2,3)12(4,5)17-13/h6-7H,1H2,2-5H3. The van der Waals surface area contributed by atoms with Crippen LogP contribution in [-0.2, 0) is 9.31 Å². The van der Waals surface area contributed by atoms with E-state index in [2.05, 4.69) is 11.6 Å². The highest BCUT2D eigenvalue weighted by Crippen LogP contribution is 2.36. The van der Waals surface area contributed by atoms with Gasteiger partial charge in [-0.1, -0.05) is 6.58 Å². The van der Waals surface area contributed by atoms with Gasteiger partial charge in [-0.15, -0.1) is 11.3 Å². The van der Waals surface area contributed by atoms with Crippen LogP contribution in [-0.4, -0.2) is 29.1 Å². The van der Waals surface area contributed by atoms with Gasteiger partial charge in [0, 0.05) is 6.20 Å². The first kappa shape index (κ1) is 13.5. The third-order valence-corrected chi connectivity index (χ3v) is 4.44. The molecule has 1 aliphatic rings. The van der Waals surface area contributed by atoms with Crippen molar-refractivity contribution in [2.24, 2.45) is 0 Å². The Balaban J connectivity index is 2.22. The van der Waals surface area contributed by atoms with Crippen LogP contribution in [0.5, 0.6) is 0 Å². The van der Waals surface area contributed by atoms with Gasteiger partial charge in [-0.3, -0.25) is 4.79 Å². The second kappa shape index (κ2) is 4.29. The molecule has 1 aromatic rings. The summed E-state index contributed by atoms with van der Waals surface area (Å²) in [7, 11) is -0.459. The van der Waals surface area contributed by atoms with Gasteiger partial charge in [-0.25, -0.2) is 4.98 Å². The van der Waals surface area contributed by atoms with E-state index in [0.29, 0.717) is 5.01 Å². The molecule has 1 aromatic heterocycles. The van der Waals surface area contributed by atoms with E-state index >= 15 is 0 Å². The summed E-state index contributed by atoms with van der Waals surface area (Å²) in [6.07, 6.45) is 2.89. The number of thiazole rings is 1. The van der Waals surface area contributed by atoms with Crippen molar-refractivity contribution in [1.29, 1.82) is 0 Å². The van der Waals surface area contributed by atoms with E-state index in [4.69, 9.17) is 9.31 Å². The average molecular weight is 265 g/mol. The molecule has 0 N–H and O–H groups in total. The third kappa shape index (κ3) is 2.16.